The molecule has 1 saturated heterocycles. The van der Waals surface area contributed by atoms with E-state index >= 15 is 0 Å². The van der Waals surface area contributed by atoms with E-state index in [1.165, 1.54) is 6.07 Å². The van der Waals surface area contributed by atoms with Gasteiger partial charge in [0.1, 0.15) is 5.54 Å². The second kappa shape index (κ2) is 8.87. The molecule has 35 heavy (non-hydrogen) atoms. The van der Waals surface area contributed by atoms with Crippen molar-refractivity contribution >= 4 is 27.3 Å². The van der Waals surface area contributed by atoms with Crippen LogP contribution in [0.15, 0.2) is 35.5 Å². The highest BCUT2D eigenvalue weighted by atomic mass is 32.2. The van der Waals surface area contributed by atoms with Crippen LogP contribution in [0, 0.1) is 11.6 Å². The minimum absolute atomic E-state index is 0.130. The number of ether oxygens (including phenoxy) is 2. The van der Waals surface area contributed by atoms with Crippen molar-refractivity contribution in [2.45, 2.75) is 35.7 Å². The van der Waals surface area contributed by atoms with Crippen LogP contribution >= 0.6 is 0 Å². The number of nitrogens with two attached hydrogens (primary N) is 1. The van der Waals surface area contributed by atoms with Gasteiger partial charge in [0.05, 0.1) is 19.3 Å². The van der Waals surface area contributed by atoms with E-state index in [9.17, 15) is 35.2 Å². The number of sulfonamides is 1. The zero-order valence-electron chi connectivity index (χ0n) is 18.6. The number of aromatic nitrogens is 1. The van der Waals surface area contributed by atoms with Gasteiger partial charge in [0.15, 0.2) is 22.2 Å². The number of carbonyl (C=O) groups is 1. The number of carbonyl (C=O) groups excluding carboxylic acids is 1. The van der Waals surface area contributed by atoms with Gasteiger partial charge in [-0.15, -0.1) is 0 Å². The lowest BCUT2D eigenvalue weighted by Gasteiger charge is -2.36. The normalized spacial score (nSPS) is 22.8. The Labute approximate surface area is 197 Å². The number of hydrogen-bond acceptors (Lipinski definition) is 7. The fraction of sp³-hybridized carbons (Fsp3) is 0.400. The molecule has 9 nitrogen and oxygen atoms in total. The zero-order valence-corrected chi connectivity index (χ0v) is 19.4. The van der Waals surface area contributed by atoms with Crippen molar-refractivity contribution in [2.24, 2.45) is 5.14 Å². The molecular formula is C20H21F5N4O5S. The molecule has 192 valence electrons. The molecule has 1 aliphatic rings. The van der Waals surface area contributed by atoms with Gasteiger partial charge in [0.25, 0.3) is 10.0 Å². The number of rotatable bonds is 6. The lowest BCUT2D eigenvalue weighted by atomic mass is 9.89. The topological polar surface area (TPSA) is 124 Å². The highest BCUT2D eigenvalue weighted by Gasteiger charge is 2.67. The Bertz CT molecular complexity index is 1260. The summed E-state index contributed by atoms with van der Waals surface area (Å²) in [6, 6.07) is 3.78. The fourth-order valence-electron chi connectivity index (χ4n) is 3.97. The van der Waals surface area contributed by atoms with Crippen LogP contribution < -0.4 is 20.1 Å². The van der Waals surface area contributed by atoms with Gasteiger partial charge in [0.2, 0.25) is 11.7 Å². The molecule has 0 bridgehead atoms. The van der Waals surface area contributed by atoms with E-state index in [4.69, 9.17) is 14.6 Å². The van der Waals surface area contributed by atoms with Gasteiger partial charge in [-0.1, -0.05) is 0 Å². The maximum Gasteiger partial charge on any atom is 0.419 e. The highest BCUT2D eigenvalue weighted by molar-refractivity contribution is 7.89. The summed E-state index contributed by atoms with van der Waals surface area (Å²) in [6.45, 7) is 0.189. The number of methoxy groups -OCH3 is 2. The molecule has 3 rings (SSSR count). The fourth-order valence-corrected chi connectivity index (χ4v) is 4.47. The van der Waals surface area contributed by atoms with Crippen molar-refractivity contribution in [3.63, 3.8) is 0 Å². The second-order valence-electron chi connectivity index (χ2n) is 8.03. The average molecular weight is 524 g/mol. The summed E-state index contributed by atoms with van der Waals surface area (Å²) in [4.78, 5) is 17.9. The maximum absolute atomic E-state index is 14.4. The Balaban J connectivity index is 2.14. The van der Waals surface area contributed by atoms with Gasteiger partial charge in [-0.2, -0.15) is 17.6 Å². The summed E-state index contributed by atoms with van der Waals surface area (Å²) in [5, 5.41) is 6.78. The first kappa shape index (κ1) is 26.6. The molecule has 0 unspecified atom stereocenters. The van der Waals surface area contributed by atoms with E-state index in [0.29, 0.717) is 6.07 Å². The van der Waals surface area contributed by atoms with Crippen LogP contribution in [0.4, 0.5) is 33.3 Å². The minimum Gasteiger partial charge on any atom is -0.491 e. The first-order chi connectivity index (χ1) is 16.1. The van der Waals surface area contributed by atoms with Crippen LogP contribution in [0.25, 0.3) is 0 Å². The summed E-state index contributed by atoms with van der Waals surface area (Å²) in [6.07, 6.45) is -4.87. The van der Waals surface area contributed by atoms with Crippen molar-refractivity contribution in [1.29, 1.82) is 0 Å². The average Bonchev–Trinajstić information content (AvgIpc) is 3.10. The molecule has 0 radical (unpaired) electrons. The Morgan fingerprint density at radius 1 is 1.23 bits per heavy atom. The molecule has 1 aliphatic heterocycles. The van der Waals surface area contributed by atoms with Crippen LogP contribution in [-0.4, -0.2) is 57.4 Å². The number of nitrogens with one attached hydrogen (secondary N) is 1. The van der Waals surface area contributed by atoms with E-state index in [2.05, 4.69) is 10.3 Å². The van der Waals surface area contributed by atoms with Crippen LogP contribution in [0.1, 0.15) is 13.3 Å². The van der Waals surface area contributed by atoms with Crippen LogP contribution in [0.3, 0.4) is 0 Å². The third-order valence-corrected chi connectivity index (χ3v) is 6.65. The molecule has 1 aromatic heterocycles. The molecule has 0 saturated carbocycles. The third kappa shape index (κ3) is 4.62. The lowest BCUT2D eigenvalue weighted by Crippen LogP contribution is -2.51. The van der Waals surface area contributed by atoms with Gasteiger partial charge in [-0.3, -0.25) is 4.79 Å². The Kier molecular flexibility index (Phi) is 6.73. The predicted molar refractivity (Wildman–Crippen MR) is 113 cm³/mol. The molecular weight excluding hydrogens is 503 g/mol. The maximum atomic E-state index is 14.4. The zero-order chi connectivity index (χ0) is 26.4. The van der Waals surface area contributed by atoms with E-state index in [1.807, 2.05) is 0 Å². The summed E-state index contributed by atoms with van der Waals surface area (Å²) < 4.78 is 103. The van der Waals surface area contributed by atoms with Crippen LogP contribution in [0.5, 0.6) is 5.75 Å². The van der Waals surface area contributed by atoms with E-state index in [1.54, 1.807) is 0 Å². The number of pyridine rings is 1. The van der Waals surface area contributed by atoms with Crippen molar-refractivity contribution < 1.29 is 44.6 Å². The summed E-state index contributed by atoms with van der Waals surface area (Å²) >= 11 is 0. The van der Waals surface area contributed by atoms with Gasteiger partial charge in [0, 0.05) is 31.5 Å². The van der Waals surface area contributed by atoms with E-state index in [-0.39, 0.29) is 11.4 Å². The Morgan fingerprint density at radius 3 is 2.43 bits per heavy atom. The molecule has 2 atom stereocenters. The lowest BCUT2D eigenvalue weighted by molar-refractivity contribution is -0.262. The summed E-state index contributed by atoms with van der Waals surface area (Å²) in [5.41, 5.74) is -5.38. The largest absolute Gasteiger partial charge is 0.491 e. The molecule has 0 spiro atoms. The Hall–Kier alpha value is -3.04. The molecule has 1 amide bonds. The van der Waals surface area contributed by atoms with Gasteiger partial charge < -0.3 is 19.7 Å². The van der Waals surface area contributed by atoms with Crippen LogP contribution in [-0.2, 0) is 19.6 Å². The quantitative estimate of drug-likeness (QED) is 0.557. The summed E-state index contributed by atoms with van der Waals surface area (Å²) in [5.74, 6) is -4.50. The first-order valence-electron chi connectivity index (χ1n) is 9.81. The molecule has 0 aliphatic carbocycles. The number of alkyl halides is 3. The number of hydrogen-bond donors (Lipinski definition) is 2. The van der Waals surface area contributed by atoms with Crippen molar-refractivity contribution in [1.82, 2.24) is 4.98 Å². The Morgan fingerprint density at radius 2 is 1.89 bits per heavy atom. The number of halogens is 5. The standard InChI is InChI=1S/C20H21F5N4O5S/c1-18(17(30)28-11-6-7-27-14(8-11)35(26,31)32)9-19(34-3,20(23,24)25)10-29(18)13-5-4-12(21)15(22)16(13)33-2/h4-8H,9-10H2,1-3H3,(H2,26,31,32)(H,27,28,30)/t18-,19+/m0/s1. The minimum atomic E-state index is -4.96. The van der Waals surface area contributed by atoms with Gasteiger partial charge in [-0.25, -0.2) is 22.9 Å². The predicted octanol–water partition coefficient (Wildman–Crippen LogP) is 2.57. The monoisotopic (exact) mass is 524 g/mol. The summed E-state index contributed by atoms with van der Waals surface area (Å²) in [7, 11) is -2.43. The molecule has 1 fully saturated rings. The van der Waals surface area contributed by atoms with Crippen molar-refractivity contribution in [2.75, 3.05) is 31.0 Å². The third-order valence-electron chi connectivity index (χ3n) is 5.84. The molecule has 3 N–H and O–H groups in total. The number of nitrogens with zero attached hydrogens (tertiary/aromatic N) is 2. The number of anilines is 2. The number of benzene rings is 1. The van der Waals surface area contributed by atoms with Gasteiger partial charge in [-0.05, 0) is 25.1 Å². The number of primary sulfonamides is 1. The second-order valence-corrected chi connectivity index (χ2v) is 9.54. The van der Waals surface area contributed by atoms with Crippen molar-refractivity contribution in [3.8, 4) is 5.75 Å². The van der Waals surface area contributed by atoms with Gasteiger partial charge >= 0.3 is 6.18 Å². The van der Waals surface area contributed by atoms with E-state index < -0.39 is 68.6 Å². The van der Waals surface area contributed by atoms with Crippen molar-refractivity contribution in [3.05, 3.63) is 42.1 Å². The molecule has 1 aromatic carbocycles. The first-order valence-corrected chi connectivity index (χ1v) is 11.4. The molecule has 15 heteroatoms. The smallest absolute Gasteiger partial charge is 0.419 e. The molecule has 2 aromatic rings. The number of amides is 1. The van der Waals surface area contributed by atoms with E-state index in [0.717, 1.165) is 44.4 Å². The SMILES string of the molecule is COc1c(N2C[C@@](OC)(C(F)(F)F)C[C@@]2(C)C(=O)Nc2ccnc(S(N)(=O)=O)c2)ccc(F)c1F. The molecule has 2 heterocycles. The van der Waals surface area contributed by atoms with Crippen LogP contribution in [0.2, 0.25) is 0 Å². The highest BCUT2D eigenvalue weighted by Crippen LogP contribution is 2.51.